The third kappa shape index (κ3) is 3.74. The lowest BCUT2D eigenvalue weighted by Crippen LogP contribution is -1.96. The summed E-state index contributed by atoms with van der Waals surface area (Å²) in [6.45, 7) is 2.05. The van der Waals surface area contributed by atoms with E-state index in [0.717, 1.165) is 16.5 Å². The van der Waals surface area contributed by atoms with E-state index in [-0.39, 0.29) is 4.83 Å². The molecule has 0 fully saturated rings. The van der Waals surface area contributed by atoms with Gasteiger partial charge in [0.25, 0.3) is 0 Å². The summed E-state index contributed by atoms with van der Waals surface area (Å²) in [7, 11) is 0. The van der Waals surface area contributed by atoms with Gasteiger partial charge < -0.3 is 0 Å². The van der Waals surface area contributed by atoms with Gasteiger partial charge in [-0.1, -0.05) is 57.3 Å². The minimum Gasteiger partial charge on any atom is -0.0843 e. The van der Waals surface area contributed by atoms with Crippen LogP contribution in [0.2, 0.25) is 10.0 Å². The zero-order chi connectivity index (χ0) is 13.1. The second kappa shape index (κ2) is 6.10. The first-order valence-corrected chi connectivity index (χ1v) is 7.37. The van der Waals surface area contributed by atoms with Gasteiger partial charge in [-0.25, -0.2) is 0 Å². The zero-order valence-electron chi connectivity index (χ0n) is 9.96. The van der Waals surface area contributed by atoms with Gasteiger partial charge in [-0.15, -0.1) is 0 Å². The van der Waals surface area contributed by atoms with Crippen LogP contribution in [0.4, 0.5) is 0 Å². The minimum absolute atomic E-state index is 0.260. The predicted octanol–water partition coefficient (Wildman–Crippen LogP) is 5.98. The Morgan fingerprint density at radius 2 is 1.67 bits per heavy atom. The third-order valence-electron chi connectivity index (χ3n) is 2.75. The van der Waals surface area contributed by atoms with E-state index in [4.69, 9.17) is 23.2 Å². The monoisotopic (exact) mass is 342 g/mol. The van der Waals surface area contributed by atoms with Gasteiger partial charge in [0, 0.05) is 14.9 Å². The highest BCUT2D eigenvalue weighted by Gasteiger charge is 2.09. The lowest BCUT2D eigenvalue weighted by Gasteiger charge is -2.12. The van der Waals surface area contributed by atoms with E-state index in [0.29, 0.717) is 0 Å². The zero-order valence-corrected chi connectivity index (χ0v) is 13.1. The largest absolute Gasteiger partial charge is 0.0843 e. The molecule has 0 radical (unpaired) electrons. The van der Waals surface area contributed by atoms with Crippen LogP contribution in [0, 0.1) is 6.92 Å². The van der Waals surface area contributed by atoms with Crippen molar-refractivity contribution >= 4 is 39.1 Å². The quantitative estimate of drug-likeness (QED) is 0.601. The number of rotatable bonds is 3. The minimum atomic E-state index is 0.260. The van der Waals surface area contributed by atoms with Crippen molar-refractivity contribution < 1.29 is 0 Å². The van der Waals surface area contributed by atoms with Crippen molar-refractivity contribution in [2.24, 2.45) is 0 Å². The van der Waals surface area contributed by atoms with Crippen LogP contribution in [0.25, 0.3) is 0 Å². The Bertz CT molecular complexity index is 514. The fraction of sp³-hybridized carbons (Fsp3) is 0.200. The average Bonchev–Trinajstić information content (AvgIpc) is 2.31. The molecular formula is C15H13BrCl2. The SMILES string of the molecule is Cc1cc(Cl)cc(C(Br)Cc2ccc(Cl)cc2)c1. The van der Waals surface area contributed by atoms with Gasteiger partial charge in [0.2, 0.25) is 0 Å². The summed E-state index contributed by atoms with van der Waals surface area (Å²) in [5.74, 6) is 0. The smallest absolute Gasteiger partial charge is 0.0436 e. The van der Waals surface area contributed by atoms with Crippen LogP contribution in [-0.4, -0.2) is 0 Å². The predicted molar refractivity (Wildman–Crippen MR) is 83.0 cm³/mol. The van der Waals surface area contributed by atoms with Gasteiger partial charge in [-0.05, 0) is 54.3 Å². The van der Waals surface area contributed by atoms with Gasteiger partial charge in [-0.2, -0.15) is 0 Å². The summed E-state index contributed by atoms with van der Waals surface area (Å²) >= 11 is 15.7. The van der Waals surface area contributed by atoms with Crippen molar-refractivity contribution in [3.8, 4) is 0 Å². The highest BCUT2D eigenvalue weighted by Crippen LogP contribution is 2.30. The Hall–Kier alpha value is -0.500. The molecule has 0 aliphatic heterocycles. The summed E-state index contributed by atoms with van der Waals surface area (Å²) in [6, 6.07) is 14.1. The summed E-state index contributed by atoms with van der Waals surface area (Å²) in [5.41, 5.74) is 3.63. The topological polar surface area (TPSA) is 0 Å². The summed E-state index contributed by atoms with van der Waals surface area (Å²) < 4.78 is 0. The number of alkyl halides is 1. The Balaban J connectivity index is 2.16. The van der Waals surface area contributed by atoms with E-state index >= 15 is 0 Å². The number of aryl methyl sites for hydroxylation is 1. The maximum absolute atomic E-state index is 6.08. The molecule has 0 spiro atoms. The molecule has 0 N–H and O–H groups in total. The number of hydrogen-bond donors (Lipinski definition) is 0. The molecule has 0 saturated heterocycles. The maximum Gasteiger partial charge on any atom is 0.0436 e. The van der Waals surface area contributed by atoms with Crippen molar-refractivity contribution in [3.63, 3.8) is 0 Å². The molecule has 2 rings (SSSR count). The maximum atomic E-state index is 6.08. The number of hydrogen-bond acceptors (Lipinski definition) is 0. The number of halogens is 3. The standard InChI is InChI=1S/C15H13BrCl2/c1-10-6-12(9-14(18)7-10)15(16)8-11-2-4-13(17)5-3-11/h2-7,9,15H,8H2,1H3. The first-order valence-electron chi connectivity index (χ1n) is 5.70. The Morgan fingerprint density at radius 3 is 2.28 bits per heavy atom. The van der Waals surface area contributed by atoms with Crippen LogP contribution in [-0.2, 0) is 6.42 Å². The lowest BCUT2D eigenvalue weighted by molar-refractivity contribution is 0.947. The fourth-order valence-corrected chi connectivity index (χ4v) is 2.95. The molecule has 0 amide bonds. The Labute approximate surface area is 126 Å². The van der Waals surface area contributed by atoms with Crippen molar-refractivity contribution in [1.82, 2.24) is 0 Å². The molecule has 0 saturated carbocycles. The molecule has 0 heterocycles. The molecule has 18 heavy (non-hydrogen) atoms. The second-order valence-electron chi connectivity index (χ2n) is 4.36. The van der Waals surface area contributed by atoms with Crippen LogP contribution in [0.3, 0.4) is 0 Å². The number of benzene rings is 2. The first kappa shape index (κ1) is 13.9. The second-order valence-corrected chi connectivity index (χ2v) is 6.34. The van der Waals surface area contributed by atoms with E-state index in [1.54, 1.807) is 0 Å². The lowest BCUT2D eigenvalue weighted by atomic mass is 10.0. The molecule has 94 valence electrons. The summed E-state index contributed by atoms with van der Waals surface area (Å²) in [6.07, 6.45) is 0.914. The Morgan fingerprint density at radius 1 is 1.00 bits per heavy atom. The molecule has 2 aromatic rings. The van der Waals surface area contributed by atoms with E-state index in [1.807, 2.05) is 36.4 Å². The van der Waals surface area contributed by atoms with Crippen LogP contribution >= 0.6 is 39.1 Å². The molecule has 0 nitrogen and oxygen atoms in total. The summed E-state index contributed by atoms with van der Waals surface area (Å²) in [4.78, 5) is 0.260. The van der Waals surface area contributed by atoms with Crippen LogP contribution < -0.4 is 0 Å². The van der Waals surface area contributed by atoms with Gasteiger partial charge in [0.1, 0.15) is 0 Å². The molecule has 1 unspecified atom stereocenters. The molecule has 0 bridgehead atoms. The first-order chi connectivity index (χ1) is 8.54. The van der Waals surface area contributed by atoms with E-state index in [9.17, 15) is 0 Å². The highest BCUT2D eigenvalue weighted by atomic mass is 79.9. The van der Waals surface area contributed by atoms with Crippen molar-refractivity contribution in [1.29, 1.82) is 0 Å². The van der Waals surface area contributed by atoms with Crippen LogP contribution in [0.5, 0.6) is 0 Å². The van der Waals surface area contributed by atoms with Gasteiger partial charge in [-0.3, -0.25) is 0 Å². The van der Waals surface area contributed by atoms with E-state index in [2.05, 4.69) is 28.9 Å². The van der Waals surface area contributed by atoms with E-state index in [1.165, 1.54) is 16.7 Å². The molecule has 0 aliphatic carbocycles. The normalized spacial score (nSPS) is 12.4. The molecule has 2 aromatic carbocycles. The average molecular weight is 344 g/mol. The fourth-order valence-electron chi connectivity index (χ4n) is 1.89. The third-order valence-corrected chi connectivity index (χ3v) is 4.08. The Kier molecular flexibility index (Phi) is 4.71. The molecule has 3 heteroatoms. The molecule has 0 aromatic heterocycles. The highest BCUT2D eigenvalue weighted by molar-refractivity contribution is 9.09. The van der Waals surface area contributed by atoms with Gasteiger partial charge in [0.15, 0.2) is 0 Å². The van der Waals surface area contributed by atoms with Crippen molar-refractivity contribution in [3.05, 3.63) is 69.2 Å². The van der Waals surface area contributed by atoms with Gasteiger partial charge in [0.05, 0.1) is 0 Å². The molecular weight excluding hydrogens is 331 g/mol. The van der Waals surface area contributed by atoms with Crippen molar-refractivity contribution in [2.75, 3.05) is 0 Å². The molecule has 1 atom stereocenters. The van der Waals surface area contributed by atoms with Crippen LogP contribution in [0.15, 0.2) is 42.5 Å². The van der Waals surface area contributed by atoms with Gasteiger partial charge >= 0.3 is 0 Å². The van der Waals surface area contributed by atoms with Crippen molar-refractivity contribution in [2.45, 2.75) is 18.2 Å². The van der Waals surface area contributed by atoms with E-state index < -0.39 is 0 Å². The summed E-state index contributed by atoms with van der Waals surface area (Å²) in [5, 5.41) is 1.55. The molecule has 0 aliphatic rings. The van der Waals surface area contributed by atoms with Crippen LogP contribution in [0.1, 0.15) is 21.5 Å².